The summed E-state index contributed by atoms with van der Waals surface area (Å²) in [7, 11) is 0. The summed E-state index contributed by atoms with van der Waals surface area (Å²) >= 11 is 0. The smallest absolute Gasteiger partial charge is 0.306 e. The average molecular weight is 385 g/mol. The van der Waals surface area contributed by atoms with Crippen LogP contribution in [0.5, 0.6) is 0 Å². The lowest BCUT2D eigenvalue weighted by Crippen LogP contribution is -2.08. The monoisotopic (exact) mass is 384 g/mol. The summed E-state index contributed by atoms with van der Waals surface area (Å²) in [5, 5.41) is 0. The third kappa shape index (κ3) is 17.3. The fraction of sp³-hybridized carbons (Fsp3) is 0.480. The number of carbonyl (C=O) groups excluding carboxylic acids is 1. The number of allylic oxidation sites excluding steroid dienone is 12. The second-order valence-electron chi connectivity index (χ2n) is 6.59. The zero-order valence-corrected chi connectivity index (χ0v) is 17.3. The third-order valence-corrected chi connectivity index (χ3v) is 3.94. The van der Waals surface area contributed by atoms with Crippen LogP contribution >= 0.6 is 0 Å². The van der Waals surface area contributed by atoms with Crippen molar-refractivity contribution in [2.45, 2.75) is 64.4 Å². The molecule has 0 spiro atoms. The van der Waals surface area contributed by atoms with E-state index in [0.29, 0.717) is 13.0 Å². The minimum atomic E-state index is -0.143. The number of epoxide rings is 1. The standard InChI is InChI=1S/C25H36O3/c1-2-3-4-5-6-7-8-9-10-11-12-13-14-15-16-17-18-19-20-21-25(26)28-23-24-22-27-24/h3-4,6-7,9-10,12-13,15-16,18-19,24H,2,5,8,11,14,17,20-23H2,1H3/b4-3-,7-6-,10-9-,13-12-,16-15-,19-18-/t24-/m0/s1. The predicted molar refractivity (Wildman–Crippen MR) is 118 cm³/mol. The molecule has 0 amide bonds. The van der Waals surface area contributed by atoms with Crippen LogP contribution in [0.3, 0.4) is 0 Å². The van der Waals surface area contributed by atoms with Gasteiger partial charge in [-0.25, -0.2) is 0 Å². The topological polar surface area (TPSA) is 38.8 Å². The van der Waals surface area contributed by atoms with Gasteiger partial charge in [0.15, 0.2) is 0 Å². The van der Waals surface area contributed by atoms with E-state index in [1.165, 1.54) is 0 Å². The Morgan fingerprint density at radius 3 is 1.64 bits per heavy atom. The molecule has 1 heterocycles. The van der Waals surface area contributed by atoms with Crippen LogP contribution in [-0.4, -0.2) is 25.3 Å². The van der Waals surface area contributed by atoms with E-state index in [-0.39, 0.29) is 12.1 Å². The van der Waals surface area contributed by atoms with Crippen molar-refractivity contribution < 1.29 is 14.3 Å². The second-order valence-corrected chi connectivity index (χ2v) is 6.59. The highest BCUT2D eigenvalue weighted by molar-refractivity contribution is 5.69. The number of hydrogen-bond acceptors (Lipinski definition) is 3. The highest BCUT2D eigenvalue weighted by atomic mass is 16.6. The molecule has 154 valence electrons. The van der Waals surface area contributed by atoms with E-state index in [4.69, 9.17) is 9.47 Å². The molecule has 1 fully saturated rings. The maximum absolute atomic E-state index is 11.4. The Bertz CT molecular complexity index is 560. The van der Waals surface area contributed by atoms with Gasteiger partial charge in [0.2, 0.25) is 0 Å². The molecule has 3 heteroatoms. The molecular formula is C25H36O3. The van der Waals surface area contributed by atoms with Crippen molar-refractivity contribution in [1.82, 2.24) is 0 Å². The lowest BCUT2D eigenvalue weighted by molar-refractivity contribution is -0.144. The quantitative estimate of drug-likeness (QED) is 0.175. The van der Waals surface area contributed by atoms with Gasteiger partial charge in [-0.1, -0.05) is 79.8 Å². The first kappa shape index (κ1) is 23.9. The fourth-order valence-corrected chi connectivity index (χ4v) is 2.26. The van der Waals surface area contributed by atoms with E-state index in [1.54, 1.807) is 0 Å². The van der Waals surface area contributed by atoms with E-state index in [9.17, 15) is 4.79 Å². The summed E-state index contributed by atoms with van der Waals surface area (Å²) in [6.07, 6.45) is 33.4. The van der Waals surface area contributed by atoms with Gasteiger partial charge in [0, 0.05) is 6.42 Å². The molecule has 0 radical (unpaired) electrons. The van der Waals surface area contributed by atoms with Crippen molar-refractivity contribution in [3.8, 4) is 0 Å². The lowest BCUT2D eigenvalue weighted by atomic mass is 10.2. The summed E-state index contributed by atoms with van der Waals surface area (Å²) in [5.74, 6) is -0.143. The Labute approximate surface area is 171 Å². The molecule has 1 atom stereocenters. The van der Waals surface area contributed by atoms with E-state index >= 15 is 0 Å². The van der Waals surface area contributed by atoms with Gasteiger partial charge in [-0.05, 0) is 44.9 Å². The van der Waals surface area contributed by atoms with Crippen molar-refractivity contribution in [1.29, 1.82) is 0 Å². The van der Waals surface area contributed by atoms with Crippen LogP contribution in [0, 0.1) is 0 Å². The average Bonchev–Trinajstić information content (AvgIpc) is 3.52. The van der Waals surface area contributed by atoms with Gasteiger partial charge in [-0.3, -0.25) is 4.79 Å². The van der Waals surface area contributed by atoms with Crippen molar-refractivity contribution >= 4 is 5.97 Å². The highest BCUT2D eigenvalue weighted by Gasteiger charge is 2.23. The SMILES string of the molecule is CC/C=C\C/C=C\C/C=C\C/C=C\C/C=C\C/C=C\CCC(=O)OC[C@@H]1CO1. The Hall–Kier alpha value is -2.13. The van der Waals surface area contributed by atoms with E-state index in [1.807, 2.05) is 6.08 Å². The molecule has 28 heavy (non-hydrogen) atoms. The van der Waals surface area contributed by atoms with Crippen molar-refractivity contribution in [3.63, 3.8) is 0 Å². The van der Waals surface area contributed by atoms with Crippen molar-refractivity contribution in [3.05, 3.63) is 72.9 Å². The van der Waals surface area contributed by atoms with Crippen LogP contribution in [0.1, 0.15) is 58.3 Å². The Balaban J connectivity index is 1.90. The van der Waals surface area contributed by atoms with E-state index in [2.05, 4.69) is 73.8 Å². The molecule has 0 aromatic carbocycles. The molecule has 0 unspecified atom stereocenters. The molecule has 1 aliphatic rings. The van der Waals surface area contributed by atoms with Gasteiger partial charge in [0.05, 0.1) is 6.61 Å². The minimum Gasteiger partial charge on any atom is -0.463 e. The van der Waals surface area contributed by atoms with Crippen LogP contribution in [0.2, 0.25) is 0 Å². The largest absolute Gasteiger partial charge is 0.463 e. The summed E-state index contributed by atoms with van der Waals surface area (Å²) in [6, 6.07) is 0. The molecule has 0 bridgehead atoms. The molecule has 0 aromatic heterocycles. The Kier molecular flexibility index (Phi) is 15.6. The maximum atomic E-state index is 11.4. The van der Waals surface area contributed by atoms with Gasteiger partial charge >= 0.3 is 5.97 Å². The Morgan fingerprint density at radius 1 is 0.786 bits per heavy atom. The first-order valence-electron chi connectivity index (χ1n) is 10.5. The first-order valence-corrected chi connectivity index (χ1v) is 10.5. The van der Waals surface area contributed by atoms with Gasteiger partial charge in [0.1, 0.15) is 12.7 Å². The molecule has 1 aliphatic heterocycles. The molecule has 0 saturated carbocycles. The van der Waals surface area contributed by atoms with E-state index in [0.717, 1.165) is 51.6 Å². The van der Waals surface area contributed by atoms with Gasteiger partial charge in [-0.15, -0.1) is 0 Å². The number of hydrogen-bond donors (Lipinski definition) is 0. The minimum absolute atomic E-state index is 0.143. The zero-order chi connectivity index (χ0) is 20.1. The summed E-state index contributed by atoms with van der Waals surface area (Å²) < 4.78 is 10.1. The van der Waals surface area contributed by atoms with Gasteiger partial charge in [-0.2, -0.15) is 0 Å². The molecule has 0 aromatic rings. The van der Waals surface area contributed by atoms with Gasteiger partial charge < -0.3 is 9.47 Å². The summed E-state index contributed by atoms with van der Waals surface area (Å²) in [6.45, 7) is 3.28. The van der Waals surface area contributed by atoms with Crippen LogP contribution in [0.15, 0.2) is 72.9 Å². The predicted octanol–water partition coefficient (Wildman–Crippen LogP) is 6.41. The molecule has 3 nitrogen and oxygen atoms in total. The van der Waals surface area contributed by atoms with Crippen LogP contribution < -0.4 is 0 Å². The molecular weight excluding hydrogens is 348 g/mol. The third-order valence-electron chi connectivity index (χ3n) is 3.94. The summed E-state index contributed by atoms with van der Waals surface area (Å²) in [4.78, 5) is 11.4. The highest BCUT2D eigenvalue weighted by Crippen LogP contribution is 2.09. The molecule has 0 N–H and O–H groups in total. The van der Waals surface area contributed by atoms with Crippen molar-refractivity contribution in [2.24, 2.45) is 0 Å². The molecule has 0 aliphatic carbocycles. The number of esters is 1. The summed E-state index contributed by atoms with van der Waals surface area (Å²) in [5.41, 5.74) is 0. The van der Waals surface area contributed by atoms with Crippen LogP contribution in [0.25, 0.3) is 0 Å². The normalized spacial score (nSPS) is 17.4. The Morgan fingerprint density at radius 2 is 1.21 bits per heavy atom. The maximum Gasteiger partial charge on any atom is 0.306 e. The van der Waals surface area contributed by atoms with Crippen LogP contribution in [0.4, 0.5) is 0 Å². The van der Waals surface area contributed by atoms with Crippen LogP contribution in [-0.2, 0) is 14.3 Å². The lowest BCUT2D eigenvalue weighted by Gasteiger charge is -1.99. The number of carbonyl (C=O) groups is 1. The number of ether oxygens (including phenoxy) is 2. The first-order chi connectivity index (χ1) is 13.8. The van der Waals surface area contributed by atoms with Gasteiger partial charge in [0.25, 0.3) is 0 Å². The number of rotatable bonds is 16. The zero-order valence-electron chi connectivity index (χ0n) is 17.3. The van der Waals surface area contributed by atoms with Crippen molar-refractivity contribution in [2.75, 3.05) is 13.2 Å². The second kappa shape index (κ2) is 18.2. The molecule has 1 rings (SSSR count). The van der Waals surface area contributed by atoms with E-state index < -0.39 is 0 Å². The fourth-order valence-electron chi connectivity index (χ4n) is 2.26. The molecule has 1 saturated heterocycles.